The minimum absolute atomic E-state index is 0.268. The molecule has 0 unspecified atom stereocenters. The number of carbonyl (C=O) groups excluding carboxylic acids is 1. The Kier molecular flexibility index (Phi) is 5.58. The highest BCUT2D eigenvalue weighted by atomic mass is 32.2. The maximum Gasteiger partial charge on any atom is 0.319 e. The Balaban J connectivity index is 1.76. The van der Waals surface area contributed by atoms with Crippen LogP contribution in [-0.4, -0.2) is 44.6 Å². The van der Waals surface area contributed by atoms with Crippen LogP contribution in [0.5, 0.6) is 0 Å². The van der Waals surface area contributed by atoms with Crippen molar-refractivity contribution < 1.29 is 13.2 Å². The zero-order valence-corrected chi connectivity index (χ0v) is 13.8. The molecular formula is C15H20N4O3S. The molecule has 1 saturated heterocycles. The number of rotatable bonds is 4. The molecule has 2 rings (SSSR count). The number of benzene rings is 1. The van der Waals surface area contributed by atoms with Gasteiger partial charge in [0, 0.05) is 25.3 Å². The molecule has 2 amide bonds. The normalized spacial score (nSPS) is 16.5. The molecule has 1 aliphatic heterocycles. The van der Waals surface area contributed by atoms with Gasteiger partial charge in [0.05, 0.1) is 17.9 Å². The molecule has 0 saturated carbocycles. The van der Waals surface area contributed by atoms with Gasteiger partial charge in [0.15, 0.2) is 0 Å². The third-order valence-electron chi connectivity index (χ3n) is 3.84. The number of nitriles is 1. The predicted molar refractivity (Wildman–Crippen MR) is 87.3 cm³/mol. The Labute approximate surface area is 136 Å². The Morgan fingerprint density at radius 2 is 2.09 bits per heavy atom. The van der Waals surface area contributed by atoms with Gasteiger partial charge in [-0.25, -0.2) is 17.5 Å². The SMILES string of the molecule is CS(=O)(=O)N1CCC(CNC(=O)Nc2cccc(C#N)c2)CC1. The summed E-state index contributed by atoms with van der Waals surface area (Å²) in [7, 11) is -3.12. The van der Waals surface area contributed by atoms with Gasteiger partial charge in [0.2, 0.25) is 10.0 Å². The molecule has 124 valence electrons. The van der Waals surface area contributed by atoms with Crippen LogP contribution in [0.25, 0.3) is 0 Å². The predicted octanol–water partition coefficient (Wildman–Crippen LogP) is 1.35. The lowest BCUT2D eigenvalue weighted by atomic mass is 9.98. The Morgan fingerprint density at radius 1 is 1.39 bits per heavy atom. The van der Waals surface area contributed by atoms with Crippen molar-refractivity contribution in [3.05, 3.63) is 29.8 Å². The van der Waals surface area contributed by atoms with Gasteiger partial charge < -0.3 is 10.6 Å². The molecule has 1 heterocycles. The van der Waals surface area contributed by atoms with Crippen LogP contribution < -0.4 is 10.6 Å². The van der Waals surface area contributed by atoms with E-state index in [9.17, 15) is 13.2 Å². The maximum absolute atomic E-state index is 11.9. The molecule has 23 heavy (non-hydrogen) atoms. The van der Waals surface area contributed by atoms with Crippen molar-refractivity contribution in [3.8, 4) is 6.07 Å². The van der Waals surface area contributed by atoms with E-state index in [-0.39, 0.29) is 11.9 Å². The Bertz CT molecular complexity index is 704. The van der Waals surface area contributed by atoms with E-state index < -0.39 is 10.0 Å². The zero-order chi connectivity index (χ0) is 16.9. The van der Waals surface area contributed by atoms with Crippen molar-refractivity contribution in [1.29, 1.82) is 5.26 Å². The number of nitrogens with zero attached hydrogens (tertiary/aromatic N) is 2. The van der Waals surface area contributed by atoms with Crippen LogP contribution in [0.2, 0.25) is 0 Å². The van der Waals surface area contributed by atoms with Gasteiger partial charge in [-0.3, -0.25) is 0 Å². The summed E-state index contributed by atoms with van der Waals surface area (Å²) in [6.45, 7) is 1.50. The average Bonchev–Trinajstić information content (AvgIpc) is 2.52. The summed E-state index contributed by atoms with van der Waals surface area (Å²) < 4.78 is 24.3. The van der Waals surface area contributed by atoms with Gasteiger partial charge in [-0.2, -0.15) is 5.26 Å². The summed E-state index contributed by atoms with van der Waals surface area (Å²) in [5.41, 5.74) is 1.05. The van der Waals surface area contributed by atoms with E-state index in [1.165, 1.54) is 10.6 Å². The number of urea groups is 1. The quantitative estimate of drug-likeness (QED) is 0.866. The first kappa shape index (κ1) is 17.2. The fourth-order valence-electron chi connectivity index (χ4n) is 2.52. The van der Waals surface area contributed by atoms with E-state index >= 15 is 0 Å². The lowest BCUT2D eigenvalue weighted by Crippen LogP contribution is -2.41. The van der Waals surface area contributed by atoms with Crippen molar-refractivity contribution in [2.75, 3.05) is 31.2 Å². The van der Waals surface area contributed by atoms with Crippen molar-refractivity contribution in [1.82, 2.24) is 9.62 Å². The number of nitrogens with one attached hydrogen (secondary N) is 2. The van der Waals surface area contributed by atoms with Crippen molar-refractivity contribution in [3.63, 3.8) is 0 Å². The number of amides is 2. The molecular weight excluding hydrogens is 316 g/mol. The second-order valence-corrected chi connectivity index (χ2v) is 7.62. The lowest BCUT2D eigenvalue weighted by molar-refractivity contribution is 0.241. The first-order valence-electron chi connectivity index (χ1n) is 7.38. The standard InChI is InChI=1S/C15H20N4O3S/c1-23(21,22)19-7-5-12(6-8-19)11-17-15(20)18-14-4-2-3-13(9-14)10-16/h2-4,9,12H,5-8,11H2,1H3,(H2,17,18,20). The van der Waals surface area contributed by atoms with Crippen LogP contribution in [0, 0.1) is 17.2 Å². The van der Waals surface area contributed by atoms with Gasteiger partial charge in [0.25, 0.3) is 0 Å². The van der Waals surface area contributed by atoms with Gasteiger partial charge >= 0.3 is 6.03 Å². The molecule has 2 N–H and O–H groups in total. The summed E-state index contributed by atoms with van der Waals surface area (Å²) in [6, 6.07) is 8.37. The van der Waals surface area contributed by atoms with E-state index in [2.05, 4.69) is 10.6 Å². The van der Waals surface area contributed by atoms with Crippen LogP contribution in [0.3, 0.4) is 0 Å². The van der Waals surface area contributed by atoms with Gasteiger partial charge in [-0.1, -0.05) is 6.07 Å². The van der Waals surface area contributed by atoms with E-state index in [4.69, 9.17) is 5.26 Å². The lowest BCUT2D eigenvalue weighted by Gasteiger charge is -2.30. The van der Waals surface area contributed by atoms with Crippen molar-refractivity contribution >= 4 is 21.7 Å². The summed E-state index contributed by atoms with van der Waals surface area (Å²) >= 11 is 0. The largest absolute Gasteiger partial charge is 0.338 e. The minimum atomic E-state index is -3.12. The van der Waals surface area contributed by atoms with E-state index in [1.807, 2.05) is 6.07 Å². The molecule has 0 bridgehead atoms. The molecule has 0 aromatic heterocycles. The molecule has 0 radical (unpaired) electrons. The Hall–Kier alpha value is -2.11. The highest BCUT2D eigenvalue weighted by molar-refractivity contribution is 7.88. The highest BCUT2D eigenvalue weighted by Crippen LogP contribution is 2.18. The molecule has 7 nitrogen and oxygen atoms in total. The maximum atomic E-state index is 11.9. The van der Waals surface area contributed by atoms with Crippen LogP contribution >= 0.6 is 0 Å². The molecule has 1 aliphatic rings. The smallest absolute Gasteiger partial charge is 0.319 e. The van der Waals surface area contributed by atoms with E-state index in [1.54, 1.807) is 24.3 Å². The number of sulfonamides is 1. The minimum Gasteiger partial charge on any atom is -0.338 e. The number of hydrogen-bond acceptors (Lipinski definition) is 4. The van der Waals surface area contributed by atoms with Crippen molar-refractivity contribution in [2.24, 2.45) is 5.92 Å². The fraction of sp³-hybridized carbons (Fsp3) is 0.467. The second kappa shape index (κ2) is 7.44. The third kappa shape index (κ3) is 5.23. The van der Waals surface area contributed by atoms with Crippen LogP contribution in [0.4, 0.5) is 10.5 Å². The molecule has 0 atom stereocenters. The fourth-order valence-corrected chi connectivity index (χ4v) is 3.40. The number of piperidine rings is 1. The van der Waals surface area contributed by atoms with Crippen molar-refractivity contribution in [2.45, 2.75) is 12.8 Å². The molecule has 8 heteroatoms. The van der Waals surface area contributed by atoms with Gasteiger partial charge in [0.1, 0.15) is 0 Å². The third-order valence-corrected chi connectivity index (χ3v) is 5.15. The number of carbonyl (C=O) groups is 1. The molecule has 1 aromatic carbocycles. The topological polar surface area (TPSA) is 102 Å². The van der Waals surface area contributed by atoms with Crippen LogP contribution in [-0.2, 0) is 10.0 Å². The molecule has 0 spiro atoms. The summed E-state index contributed by atoms with van der Waals surface area (Å²) in [6.07, 6.45) is 2.68. The molecule has 1 fully saturated rings. The summed E-state index contributed by atoms with van der Waals surface area (Å²) in [4.78, 5) is 11.9. The molecule has 1 aromatic rings. The number of anilines is 1. The first-order chi connectivity index (χ1) is 10.9. The Morgan fingerprint density at radius 3 is 2.70 bits per heavy atom. The average molecular weight is 336 g/mol. The summed E-state index contributed by atoms with van der Waals surface area (Å²) in [5.74, 6) is 0.268. The summed E-state index contributed by atoms with van der Waals surface area (Å²) in [5, 5.41) is 14.3. The monoisotopic (exact) mass is 336 g/mol. The van der Waals surface area contributed by atoms with Crippen LogP contribution in [0.1, 0.15) is 18.4 Å². The van der Waals surface area contributed by atoms with Crippen LogP contribution in [0.15, 0.2) is 24.3 Å². The van der Waals surface area contributed by atoms with Gasteiger partial charge in [-0.05, 0) is 37.0 Å². The highest BCUT2D eigenvalue weighted by Gasteiger charge is 2.24. The second-order valence-electron chi connectivity index (χ2n) is 5.63. The van der Waals surface area contributed by atoms with E-state index in [0.29, 0.717) is 30.9 Å². The molecule has 0 aliphatic carbocycles. The first-order valence-corrected chi connectivity index (χ1v) is 9.23. The number of hydrogen-bond donors (Lipinski definition) is 2. The van der Waals surface area contributed by atoms with Gasteiger partial charge in [-0.15, -0.1) is 0 Å². The zero-order valence-electron chi connectivity index (χ0n) is 12.9. The van der Waals surface area contributed by atoms with E-state index in [0.717, 1.165) is 12.8 Å².